The average Bonchev–Trinajstić information content (AvgIpc) is 1.77. The fourth-order valence-electron chi connectivity index (χ4n) is 1.13. The van der Waals surface area contributed by atoms with E-state index in [1.165, 1.54) is 6.42 Å². The third-order valence-corrected chi connectivity index (χ3v) is 1.94. The molecule has 0 aliphatic heterocycles. The van der Waals surface area contributed by atoms with Gasteiger partial charge in [-0.25, -0.2) is 0 Å². The van der Waals surface area contributed by atoms with Crippen molar-refractivity contribution < 1.29 is 14.6 Å². The second kappa shape index (κ2) is 3.72. The Morgan fingerprint density at radius 2 is 2.36 bits per heavy atom. The number of carbonyl (C=O) groups is 1. The number of hydrogen-bond donors (Lipinski definition) is 1. The third kappa shape index (κ3) is 2.89. The predicted molar refractivity (Wildman–Crippen MR) is 40.4 cm³/mol. The van der Waals surface area contributed by atoms with Crippen molar-refractivity contribution in [1.82, 2.24) is 0 Å². The number of carboxylic acids is 1. The molecule has 0 aromatic carbocycles. The Labute approximate surface area is 66.4 Å². The molecule has 1 rings (SSSR count). The molecule has 0 aromatic heterocycles. The lowest BCUT2D eigenvalue weighted by molar-refractivity contribution is -0.142. The Morgan fingerprint density at radius 1 is 1.73 bits per heavy atom. The molecule has 3 heteroatoms. The molecule has 1 fully saturated rings. The Balaban J connectivity index is 2.09. The van der Waals surface area contributed by atoms with Crippen LogP contribution in [0.3, 0.4) is 0 Å². The third-order valence-electron chi connectivity index (χ3n) is 1.94. The van der Waals surface area contributed by atoms with E-state index in [2.05, 4.69) is 0 Å². The van der Waals surface area contributed by atoms with Gasteiger partial charge >= 0.3 is 5.97 Å². The number of rotatable bonds is 4. The summed E-state index contributed by atoms with van der Waals surface area (Å²) in [6.45, 7) is 1.81. The molecule has 1 saturated carbocycles. The van der Waals surface area contributed by atoms with Gasteiger partial charge in [0, 0.05) is 0 Å². The van der Waals surface area contributed by atoms with Gasteiger partial charge in [-0.2, -0.15) is 0 Å². The van der Waals surface area contributed by atoms with Crippen molar-refractivity contribution in [3.05, 3.63) is 0 Å². The molecule has 1 aliphatic carbocycles. The molecule has 0 radical (unpaired) electrons. The van der Waals surface area contributed by atoms with Gasteiger partial charge in [-0.3, -0.25) is 4.79 Å². The van der Waals surface area contributed by atoms with E-state index in [1.54, 1.807) is 0 Å². The van der Waals surface area contributed by atoms with Crippen LogP contribution in [-0.2, 0) is 9.53 Å². The first-order valence-corrected chi connectivity index (χ1v) is 4.05. The maximum Gasteiger partial charge on any atom is 0.305 e. The van der Waals surface area contributed by atoms with Gasteiger partial charge in [0.2, 0.25) is 0 Å². The van der Waals surface area contributed by atoms with Crippen LogP contribution in [-0.4, -0.2) is 23.3 Å². The maximum absolute atomic E-state index is 10.2. The van der Waals surface area contributed by atoms with Crippen molar-refractivity contribution in [3.8, 4) is 0 Å². The van der Waals surface area contributed by atoms with Crippen LogP contribution < -0.4 is 0 Å². The molecule has 1 N–H and O–H groups in total. The number of ether oxygens (including phenoxy) is 1. The van der Waals surface area contributed by atoms with Gasteiger partial charge in [-0.15, -0.1) is 0 Å². The van der Waals surface area contributed by atoms with E-state index >= 15 is 0 Å². The normalized spacial score (nSPS) is 20.8. The highest BCUT2D eigenvalue weighted by atomic mass is 16.5. The SMILES string of the molecule is CC(CC(=O)O)OC1CCC1. The average molecular weight is 158 g/mol. The Kier molecular flexibility index (Phi) is 2.88. The topological polar surface area (TPSA) is 46.5 Å². The largest absolute Gasteiger partial charge is 0.481 e. The molecule has 0 bridgehead atoms. The van der Waals surface area contributed by atoms with Gasteiger partial charge in [0.25, 0.3) is 0 Å². The summed E-state index contributed by atoms with van der Waals surface area (Å²) in [6.07, 6.45) is 3.76. The first kappa shape index (κ1) is 8.53. The van der Waals surface area contributed by atoms with Crippen LogP contribution in [0.25, 0.3) is 0 Å². The molecule has 11 heavy (non-hydrogen) atoms. The summed E-state index contributed by atoms with van der Waals surface area (Å²) >= 11 is 0. The van der Waals surface area contributed by atoms with Crippen LogP contribution in [0.15, 0.2) is 0 Å². The van der Waals surface area contributed by atoms with E-state index in [4.69, 9.17) is 9.84 Å². The summed E-state index contributed by atoms with van der Waals surface area (Å²) in [5, 5.41) is 8.41. The predicted octanol–water partition coefficient (Wildman–Crippen LogP) is 1.42. The minimum Gasteiger partial charge on any atom is -0.481 e. The molecule has 0 amide bonds. The first-order valence-electron chi connectivity index (χ1n) is 4.05. The van der Waals surface area contributed by atoms with Crippen LogP contribution >= 0.6 is 0 Å². The van der Waals surface area contributed by atoms with E-state index < -0.39 is 5.97 Å². The molecule has 0 aromatic rings. The van der Waals surface area contributed by atoms with Crippen molar-refractivity contribution in [2.24, 2.45) is 0 Å². The standard InChI is InChI=1S/C8H14O3/c1-6(5-8(9)10)11-7-3-2-4-7/h6-7H,2-5H2,1H3,(H,9,10). The maximum atomic E-state index is 10.2. The summed E-state index contributed by atoms with van der Waals surface area (Å²) in [4.78, 5) is 10.2. The van der Waals surface area contributed by atoms with Crippen molar-refractivity contribution in [1.29, 1.82) is 0 Å². The summed E-state index contributed by atoms with van der Waals surface area (Å²) < 4.78 is 5.42. The van der Waals surface area contributed by atoms with Crippen LogP contribution in [0.2, 0.25) is 0 Å². The molecular formula is C8H14O3. The van der Waals surface area contributed by atoms with Crippen LogP contribution in [0, 0.1) is 0 Å². The van der Waals surface area contributed by atoms with Crippen molar-refractivity contribution in [2.45, 2.75) is 44.8 Å². The summed E-state index contributed by atoms with van der Waals surface area (Å²) in [5.41, 5.74) is 0. The highest BCUT2D eigenvalue weighted by Crippen LogP contribution is 2.23. The van der Waals surface area contributed by atoms with Crippen LogP contribution in [0.5, 0.6) is 0 Å². The summed E-state index contributed by atoms with van der Waals surface area (Å²) in [7, 11) is 0. The minimum atomic E-state index is -0.781. The number of hydrogen-bond acceptors (Lipinski definition) is 2. The molecule has 1 aliphatic rings. The monoisotopic (exact) mass is 158 g/mol. The second-order valence-electron chi connectivity index (χ2n) is 3.10. The van der Waals surface area contributed by atoms with E-state index in [0.717, 1.165) is 12.8 Å². The van der Waals surface area contributed by atoms with Gasteiger partial charge < -0.3 is 9.84 Å². The van der Waals surface area contributed by atoms with E-state index in [1.807, 2.05) is 6.92 Å². The highest BCUT2D eigenvalue weighted by Gasteiger charge is 2.21. The number of carboxylic acid groups (broad SMARTS) is 1. The smallest absolute Gasteiger partial charge is 0.305 e. The molecule has 0 heterocycles. The van der Waals surface area contributed by atoms with Gasteiger partial charge in [-0.1, -0.05) is 0 Å². The molecular weight excluding hydrogens is 144 g/mol. The van der Waals surface area contributed by atoms with Crippen molar-refractivity contribution in [3.63, 3.8) is 0 Å². The van der Waals surface area contributed by atoms with Crippen molar-refractivity contribution in [2.75, 3.05) is 0 Å². The molecule has 0 spiro atoms. The minimum absolute atomic E-state index is 0.122. The molecule has 1 unspecified atom stereocenters. The Morgan fingerprint density at radius 3 is 2.73 bits per heavy atom. The van der Waals surface area contributed by atoms with Crippen LogP contribution in [0.4, 0.5) is 0 Å². The fraction of sp³-hybridized carbons (Fsp3) is 0.875. The zero-order chi connectivity index (χ0) is 8.27. The van der Waals surface area contributed by atoms with Gasteiger partial charge in [0.05, 0.1) is 18.6 Å². The summed E-state index contributed by atoms with van der Waals surface area (Å²) in [6, 6.07) is 0. The van der Waals surface area contributed by atoms with Crippen LogP contribution in [0.1, 0.15) is 32.6 Å². The summed E-state index contributed by atoms with van der Waals surface area (Å²) in [5.74, 6) is -0.781. The van der Waals surface area contributed by atoms with Crippen molar-refractivity contribution >= 4 is 5.97 Å². The van der Waals surface area contributed by atoms with Gasteiger partial charge in [0.1, 0.15) is 0 Å². The zero-order valence-corrected chi connectivity index (χ0v) is 6.75. The second-order valence-corrected chi connectivity index (χ2v) is 3.10. The Hall–Kier alpha value is -0.570. The highest BCUT2D eigenvalue weighted by molar-refractivity contribution is 5.67. The van der Waals surface area contributed by atoms with Gasteiger partial charge in [0.15, 0.2) is 0 Å². The lowest BCUT2D eigenvalue weighted by atomic mass is 9.96. The Bertz CT molecular complexity index is 140. The lowest BCUT2D eigenvalue weighted by Crippen LogP contribution is -2.27. The zero-order valence-electron chi connectivity index (χ0n) is 6.75. The van der Waals surface area contributed by atoms with E-state index in [-0.39, 0.29) is 12.5 Å². The number of aliphatic carboxylic acids is 1. The van der Waals surface area contributed by atoms with E-state index in [9.17, 15) is 4.79 Å². The lowest BCUT2D eigenvalue weighted by Gasteiger charge is -2.28. The quantitative estimate of drug-likeness (QED) is 0.673. The molecule has 1 atom stereocenters. The molecule has 64 valence electrons. The molecule has 0 saturated heterocycles. The van der Waals surface area contributed by atoms with Gasteiger partial charge in [-0.05, 0) is 26.2 Å². The fourth-order valence-corrected chi connectivity index (χ4v) is 1.13. The molecule has 3 nitrogen and oxygen atoms in total. The van der Waals surface area contributed by atoms with E-state index in [0.29, 0.717) is 6.10 Å². The first-order chi connectivity index (χ1) is 5.18.